The van der Waals surface area contributed by atoms with Crippen LogP contribution in [0.2, 0.25) is 0 Å². The van der Waals surface area contributed by atoms with E-state index in [0.717, 1.165) is 12.2 Å². The maximum absolute atomic E-state index is 11.6. The van der Waals surface area contributed by atoms with E-state index in [1.54, 1.807) is 12.4 Å². The molecule has 8 nitrogen and oxygen atoms in total. The van der Waals surface area contributed by atoms with Crippen LogP contribution in [0.3, 0.4) is 0 Å². The third-order valence-corrected chi connectivity index (χ3v) is 2.51. The molecule has 0 aliphatic carbocycles. The normalized spacial score (nSPS) is 10.9. The minimum atomic E-state index is -0.238. The highest BCUT2D eigenvalue weighted by Crippen LogP contribution is 2.02. The standard InChI is InChI=1S/C10H11N7O/c18-9-7-8(15-5-14-7)16-10(17-9)13-2-1-6-11-3-4-12-6/h3-5H,1-2H2,(H,11,12)(H3,13,14,15,16,17,18). The molecule has 0 amide bonds. The maximum Gasteiger partial charge on any atom is 0.278 e. The van der Waals surface area contributed by atoms with E-state index in [0.29, 0.717) is 23.7 Å². The van der Waals surface area contributed by atoms with E-state index in [1.165, 1.54) is 6.33 Å². The SMILES string of the molecule is O=c1[nH]c(NCCc2ncc[nH]2)nc2nc[nH]c12. The second-order valence-electron chi connectivity index (χ2n) is 3.73. The minimum absolute atomic E-state index is 0.238. The summed E-state index contributed by atoms with van der Waals surface area (Å²) in [5.41, 5.74) is 0.545. The Kier molecular flexibility index (Phi) is 2.52. The summed E-state index contributed by atoms with van der Waals surface area (Å²) in [4.78, 5) is 32.2. The average Bonchev–Trinajstić information content (AvgIpc) is 2.99. The fraction of sp³-hybridized carbons (Fsp3) is 0.200. The number of aromatic amines is 3. The lowest BCUT2D eigenvalue weighted by Gasteiger charge is -2.03. The molecule has 0 saturated heterocycles. The van der Waals surface area contributed by atoms with Gasteiger partial charge in [0.25, 0.3) is 5.56 Å². The van der Waals surface area contributed by atoms with Crippen molar-refractivity contribution in [1.82, 2.24) is 29.9 Å². The highest BCUT2D eigenvalue weighted by molar-refractivity contribution is 5.69. The summed E-state index contributed by atoms with van der Waals surface area (Å²) in [7, 11) is 0. The van der Waals surface area contributed by atoms with E-state index >= 15 is 0 Å². The van der Waals surface area contributed by atoms with Crippen molar-refractivity contribution < 1.29 is 0 Å². The Morgan fingerprint density at radius 2 is 2.22 bits per heavy atom. The molecular weight excluding hydrogens is 234 g/mol. The van der Waals surface area contributed by atoms with Crippen molar-refractivity contribution in [2.75, 3.05) is 11.9 Å². The Labute approximate surface area is 101 Å². The van der Waals surface area contributed by atoms with Gasteiger partial charge in [0, 0.05) is 25.4 Å². The number of nitrogens with one attached hydrogen (secondary N) is 4. The van der Waals surface area contributed by atoms with Crippen LogP contribution >= 0.6 is 0 Å². The van der Waals surface area contributed by atoms with E-state index in [2.05, 4.69) is 35.2 Å². The second kappa shape index (κ2) is 4.32. The van der Waals surface area contributed by atoms with E-state index in [4.69, 9.17) is 0 Å². The Balaban J connectivity index is 1.72. The van der Waals surface area contributed by atoms with Crippen molar-refractivity contribution >= 4 is 17.1 Å². The molecule has 0 aliphatic heterocycles. The Hall–Kier alpha value is -2.64. The lowest BCUT2D eigenvalue weighted by molar-refractivity contribution is 0.912. The fourth-order valence-electron chi connectivity index (χ4n) is 1.66. The van der Waals surface area contributed by atoms with Crippen LogP contribution in [0.1, 0.15) is 5.82 Å². The molecule has 92 valence electrons. The van der Waals surface area contributed by atoms with Gasteiger partial charge in [0.15, 0.2) is 11.2 Å². The lowest BCUT2D eigenvalue weighted by Crippen LogP contribution is -2.15. The summed E-state index contributed by atoms with van der Waals surface area (Å²) >= 11 is 0. The third-order valence-electron chi connectivity index (χ3n) is 2.51. The Bertz CT molecular complexity index is 696. The fourth-order valence-corrected chi connectivity index (χ4v) is 1.66. The van der Waals surface area contributed by atoms with Crippen LogP contribution in [-0.2, 0) is 6.42 Å². The maximum atomic E-state index is 11.6. The van der Waals surface area contributed by atoms with Crippen molar-refractivity contribution in [3.05, 3.63) is 34.9 Å². The minimum Gasteiger partial charge on any atom is -0.355 e. The molecular formula is C10H11N7O. The molecule has 3 heterocycles. The summed E-state index contributed by atoms with van der Waals surface area (Å²) in [6, 6.07) is 0. The van der Waals surface area contributed by atoms with Gasteiger partial charge >= 0.3 is 0 Å². The number of nitrogens with zero attached hydrogens (tertiary/aromatic N) is 3. The quantitative estimate of drug-likeness (QED) is 0.517. The first-order valence-corrected chi connectivity index (χ1v) is 5.48. The van der Waals surface area contributed by atoms with Gasteiger partial charge < -0.3 is 15.3 Å². The molecule has 0 fully saturated rings. The number of imidazole rings is 2. The number of anilines is 1. The molecule has 0 aromatic carbocycles. The highest BCUT2D eigenvalue weighted by atomic mass is 16.1. The largest absolute Gasteiger partial charge is 0.355 e. The topological polar surface area (TPSA) is 115 Å². The van der Waals surface area contributed by atoms with Gasteiger partial charge in [0.1, 0.15) is 5.82 Å². The summed E-state index contributed by atoms with van der Waals surface area (Å²) < 4.78 is 0. The van der Waals surface area contributed by atoms with E-state index in [9.17, 15) is 4.79 Å². The highest BCUT2D eigenvalue weighted by Gasteiger charge is 2.05. The van der Waals surface area contributed by atoms with Crippen molar-refractivity contribution in [3.8, 4) is 0 Å². The van der Waals surface area contributed by atoms with Crippen molar-refractivity contribution in [3.63, 3.8) is 0 Å². The zero-order valence-electron chi connectivity index (χ0n) is 9.40. The molecule has 0 aliphatic rings. The van der Waals surface area contributed by atoms with Crippen molar-refractivity contribution in [2.45, 2.75) is 6.42 Å². The van der Waals surface area contributed by atoms with Crippen molar-refractivity contribution in [1.29, 1.82) is 0 Å². The molecule has 4 N–H and O–H groups in total. The third kappa shape index (κ3) is 1.95. The number of fused-ring (bicyclic) bond motifs is 1. The van der Waals surface area contributed by atoms with E-state index in [-0.39, 0.29) is 5.56 Å². The molecule has 0 bridgehead atoms. The van der Waals surface area contributed by atoms with Gasteiger partial charge in [-0.05, 0) is 0 Å². The average molecular weight is 245 g/mol. The van der Waals surface area contributed by atoms with E-state index < -0.39 is 0 Å². The zero-order valence-corrected chi connectivity index (χ0v) is 9.40. The number of aromatic nitrogens is 6. The van der Waals surface area contributed by atoms with Gasteiger partial charge in [-0.3, -0.25) is 9.78 Å². The number of hydrogen-bond acceptors (Lipinski definition) is 5. The van der Waals surface area contributed by atoms with Gasteiger partial charge in [0.2, 0.25) is 5.95 Å². The summed E-state index contributed by atoms with van der Waals surface area (Å²) in [5, 5.41) is 3.03. The molecule has 0 atom stereocenters. The molecule has 0 unspecified atom stereocenters. The molecule has 18 heavy (non-hydrogen) atoms. The monoisotopic (exact) mass is 245 g/mol. The van der Waals surface area contributed by atoms with Gasteiger partial charge in [0.05, 0.1) is 6.33 Å². The van der Waals surface area contributed by atoms with Gasteiger partial charge in [-0.25, -0.2) is 9.97 Å². The lowest BCUT2D eigenvalue weighted by atomic mass is 10.4. The van der Waals surface area contributed by atoms with Crippen LogP contribution in [0.15, 0.2) is 23.5 Å². The molecule has 3 rings (SSSR count). The first kappa shape index (κ1) is 10.5. The molecule has 0 radical (unpaired) electrons. The van der Waals surface area contributed by atoms with Crippen LogP contribution in [0, 0.1) is 0 Å². The predicted molar refractivity (Wildman–Crippen MR) is 65.3 cm³/mol. The molecule has 3 aromatic rings. The van der Waals surface area contributed by atoms with Gasteiger partial charge in [-0.2, -0.15) is 4.98 Å². The molecule has 0 saturated carbocycles. The van der Waals surface area contributed by atoms with E-state index in [1.807, 2.05) is 0 Å². The zero-order chi connectivity index (χ0) is 12.4. The van der Waals surface area contributed by atoms with Crippen LogP contribution < -0.4 is 10.9 Å². The van der Waals surface area contributed by atoms with Crippen LogP contribution in [-0.4, -0.2) is 36.4 Å². The Morgan fingerprint density at radius 3 is 3.06 bits per heavy atom. The smallest absolute Gasteiger partial charge is 0.278 e. The Morgan fingerprint density at radius 1 is 1.28 bits per heavy atom. The van der Waals surface area contributed by atoms with Crippen LogP contribution in [0.4, 0.5) is 5.95 Å². The number of rotatable bonds is 4. The first-order chi connectivity index (χ1) is 8.83. The number of H-pyrrole nitrogens is 3. The summed E-state index contributed by atoms with van der Waals surface area (Å²) in [6.45, 7) is 0.617. The summed E-state index contributed by atoms with van der Waals surface area (Å²) in [6.07, 6.45) is 5.63. The molecule has 0 spiro atoms. The molecule has 8 heteroatoms. The number of hydrogen-bond donors (Lipinski definition) is 4. The molecule has 3 aromatic heterocycles. The first-order valence-electron chi connectivity index (χ1n) is 5.48. The predicted octanol–water partition coefficient (Wildman–Crippen LogP) is 0.0239. The van der Waals surface area contributed by atoms with Crippen molar-refractivity contribution in [2.24, 2.45) is 0 Å². The van der Waals surface area contributed by atoms with Gasteiger partial charge in [-0.15, -0.1) is 0 Å². The van der Waals surface area contributed by atoms with Gasteiger partial charge in [-0.1, -0.05) is 0 Å². The summed E-state index contributed by atoms with van der Waals surface area (Å²) in [5.74, 6) is 1.29. The second-order valence-corrected chi connectivity index (χ2v) is 3.73. The van der Waals surface area contributed by atoms with Crippen LogP contribution in [0.5, 0.6) is 0 Å². The van der Waals surface area contributed by atoms with Crippen LogP contribution in [0.25, 0.3) is 11.2 Å².